The molecule has 0 fully saturated rings. The number of hydrogen-bond donors (Lipinski definition) is 2. The molecule has 1 heterocycles. The van der Waals surface area contributed by atoms with E-state index in [4.69, 9.17) is 16.3 Å². The average molecular weight is 320 g/mol. The first-order chi connectivity index (χ1) is 10.7. The number of nitrogens with zero attached hydrogens (tertiary/aromatic N) is 1. The molecule has 0 bridgehead atoms. The summed E-state index contributed by atoms with van der Waals surface area (Å²) in [6, 6.07) is 10.9. The Morgan fingerprint density at radius 3 is 2.91 bits per heavy atom. The first-order valence-electron chi connectivity index (χ1n) is 6.93. The lowest BCUT2D eigenvalue weighted by atomic mass is 10.2. The van der Waals surface area contributed by atoms with Crippen LogP contribution in [0, 0.1) is 0 Å². The van der Waals surface area contributed by atoms with Crippen LogP contribution in [0.3, 0.4) is 0 Å². The monoisotopic (exact) mass is 319 g/mol. The Bertz CT molecular complexity index is 620. The van der Waals surface area contributed by atoms with Gasteiger partial charge in [-0.1, -0.05) is 17.7 Å². The highest BCUT2D eigenvalue weighted by Crippen LogP contribution is 2.27. The fraction of sp³-hybridized carbons (Fsp3) is 0.250. The maximum atomic E-state index is 11.8. The van der Waals surface area contributed by atoms with Crippen LogP contribution in [0.4, 0.5) is 5.69 Å². The Balaban J connectivity index is 1.76. The van der Waals surface area contributed by atoms with Crippen LogP contribution in [0.15, 0.2) is 42.6 Å². The third kappa shape index (κ3) is 4.93. The maximum Gasteiger partial charge on any atom is 0.222 e. The van der Waals surface area contributed by atoms with E-state index in [0.29, 0.717) is 30.3 Å². The van der Waals surface area contributed by atoms with Gasteiger partial charge >= 0.3 is 0 Å². The standard InChI is InChI=1S/C16H18ClN3O2/c1-22-15-6-5-12(17)10-14(15)19-9-7-16(21)20-11-13-4-2-3-8-18-13/h2-6,8,10,19H,7,9,11H2,1H3,(H,20,21). The highest BCUT2D eigenvalue weighted by atomic mass is 35.5. The van der Waals surface area contributed by atoms with Gasteiger partial charge in [-0.15, -0.1) is 0 Å². The number of nitrogens with one attached hydrogen (secondary N) is 2. The van der Waals surface area contributed by atoms with E-state index in [1.54, 1.807) is 31.5 Å². The minimum Gasteiger partial charge on any atom is -0.495 e. The predicted octanol–water partition coefficient (Wildman–Crippen LogP) is 2.86. The average Bonchev–Trinajstić information content (AvgIpc) is 2.54. The number of amides is 1. The molecule has 0 radical (unpaired) electrons. The minimum absolute atomic E-state index is 0.0425. The molecule has 1 aromatic carbocycles. The molecule has 0 unspecified atom stereocenters. The zero-order valence-electron chi connectivity index (χ0n) is 12.3. The second kappa shape index (κ2) is 8.24. The van der Waals surface area contributed by atoms with E-state index < -0.39 is 0 Å². The summed E-state index contributed by atoms with van der Waals surface area (Å²) in [5.41, 5.74) is 1.60. The van der Waals surface area contributed by atoms with Gasteiger partial charge in [-0.05, 0) is 30.3 Å². The summed E-state index contributed by atoms with van der Waals surface area (Å²) in [5.74, 6) is 0.650. The molecule has 5 nitrogen and oxygen atoms in total. The molecule has 0 aliphatic heterocycles. The number of carbonyl (C=O) groups is 1. The molecule has 6 heteroatoms. The first kappa shape index (κ1) is 16.1. The lowest BCUT2D eigenvalue weighted by Gasteiger charge is -2.11. The van der Waals surface area contributed by atoms with Crippen molar-refractivity contribution in [3.8, 4) is 5.75 Å². The molecular formula is C16H18ClN3O2. The summed E-state index contributed by atoms with van der Waals surface area (Å²) < 4.78 is 5.23. The zero-order valence-corrected chi connectivity index (χ0v) is 13.1. The highest BCUT2D eigenvalue weighted by molar-refractivity contribution is 6.30. The fourth-order valence-corrected chi connectivity index (χ4v) is 2.08. The van der Waals surface area contributed by atoms with Crippen LogP contribution >= 0.6 is 11.6 Å². The molecule has 116 valence electrons. The van der Waals surface area contributed by atoms with Crippen LogP contribution in [-0.2, 0) is 11.3 Å². The van der Waals surface area contributed by atoms with Crippen LogP contribution < -0.4 is 15.4 Å². The van der Waals surface area contributed by atoms with Crippen LogP contribution in [0.25, 0.3) is 0 Å². The molecule has 0 saturated heterocycles. The number of hydrogen-bond acceptors (Lipinski definition) is 4. The van der Waals surface area contributed by atoms with E-state index in [-0.39, 0.29) is 5.91 Å². The molecule has 1 aromatic heterocycles. The molecule has 22 heavy (non-hydrogen) atoms. The van der Waals surface area contributed by atoms with Crippen molar-refractivity contribution in [1.29, 1.82) is 0 Å². The Morgan fingerprint density at radius 2 is 2.18 bits per heavy atom. The number of halogens is 1. The molecule has 1 amide bonds. The molecule has 0 saturated carbocycles. The number of aromatic nitrogens is 1. The summed E-state index contributed by atoms with van der Waals surface area (Å²) in [6.07, 6.45) is 2.05. The molecule has 0 aliphatic rings. The van der Waals surface area contributed by atoms with Crippen molar-refractivity contribution >= 4 is 23.2 Å². The second-order valence-electron chi connectivity index (χ2n) is 4.62. The van der Waals surface area contributed by atoms with Gasteiger partial charge in [0.25, 0.3) is 0 Å². The van der Waals surface area contributed by atoms with Crippen molar-refractivity contribution in [3.05, 3.63) is 53.3 Å². The Labute approximate surface area is 134 Å². The number of rotatable bonds is 7. The second-order valence-corrected chi connectivity index (χ2v) is 5.06. The lowest BCUT2D eigenvalue weighted by Crippen LogP contribution is -2.25. The van der Waals surface area contributed by atoms with Crippen molar-refractivity contribution in [2.75, 3.05) is 19.0 Å². The van der Waals surface area contributed by atoms with Crippen LogP contribution in [0.1, 0.15) is 12.1 Å². The Kier molecular flexibility index (Phi) is 6.03. The van der Waals surface area contributed by atoms with Gasteiger partial charge in [-0.25, -0.2) is 0 Å². The summed E-state index contributed by atoms with van der Waals surface area (Å²) in [5, 5.41) is 6.59. The largest absolute Gasteiger partial charge is 0.495 e. The number of benzene rings is 1. The van der Waals surface area contributed by atoms with Gasteiger partial charge in [0, 0.05) is 24.2 Å². The molecule has 0 atom stereocenters. The number of carbonyl (C=O) groups excluding carboxylic acids is 1. The van der Waals surface area contributed by atoms with Gasteiger partial charge in [0.15, 0.2) is 0 Å². The van der Waals surface area contributed by atoms with Gasteiger partial charge in [0.1, 0.15) is 5.75 Å². The Hall–Kier alpha value is -2.27. The fourth-order valence-electron chi connectivity index (χ4n) is 1.91. The zero-order chi connectivity index (χ0) is 15.8. The number of anilines is 1. The van der Waals surface area contributed by atoms with E-state index in [0.717, 1.165) is 11.4 Å². The van der Waals surface area contributed by atoms with Gasteiger partial charge < -0.3 is 15.4 Å². The molecule has 2 aromatic rings. The van der Waals surface area contributed by atoms with Crippen LogP contribution in [0.5, 0.6) is 5.75 Å². The van der Waals surface area contributed by atoms with Gasteiger partial charge in [0.2, 0.25) is 5.91 Å². The van der Waals surface area contributed by atoms with Gasteiger partial charge in [-0.2, -0.15) is 0 Å². The van der Waals surface area contributed by atoms with E-state index >= 15 is 0 Å². The van der Waals surface area contributed by atoms with E-state index in [1.807, 2.05) is 18.2 Å². The van der Waals surface area contributed by atoms with Crippen molar-refractivity contribution in [2.45, 2.75) is 13.0 Å². The number of pyridine rings is 1. The molecule has 2 N–H and O–H groups in total. The van der Waals surface area contributed by atoms with Crippen LogP contribution in [0.2, 0.25) is 5.02 Å². The minimum atomic E-state index is -0.0425. The molecule has 0 spiro atoms. The lowest BCUT2D eigenvalue weighted by molar-refractivity contribution is -0.121. The van der Waals surface area contributed by atoms with Gasteiger partial charge in [-0.3, -0.25) is 9.78 Å². The molecular weight excluding hydrogens is 302 g/mol. The van der Waals surface area contributed by atoms with Gasteiger partial charge in [0.05, 0.1) is 25.0 Å². The molecule has 0 aliphatic carbocycles. The summed E-state index contributed by atoms with van der Waals surface area (Å²) >= 11 is 5.95. The Morgan fingerprint density at radius 1 is 1.32 bits per heavy atom. The highest BCUT2D eigenvalue weighted by Gasteiger charge is 2.05. The molecule has 2 rings (SSSR count). The summed E-state index contributed by atoms with van der Waals surface area (Å²) in [4.78, 5) is 15.9. The van der Waals surface area contributed by atoms with Crippen LogP contribution in [-0.4, -0.2) is 24.5 Å². The first-order valence-corrected chi connectivity index (χ1v) is 7.31. The van der Waals surface area contributed by atoms with E-state index in [1.165, 1.54) is 0 Å². The quantitative estimate of drug-likeness (QED) is 0.823. The van der Waals surface area contributed by atoms with E-state index in [2.05, 4.69) is 15.6 Å². The SMILES string of the molecule is COc1ccc(Cl)cc1NCCC(=O)NCc1ccccn1. The van der Waals surface area contributed by atoms with Crippen molar-refractivity contribution in [3.63, 3.8) is 0 Å². The number of methoxy groups -OCH3 is 1. The predicted molar refractivity (Wildman–Crippen MR) is 87.2 cm³/mol. The third-order valence-electron chi connectivity index (χ3n) is 3.02. The van der Waals surface area contributed by atoms with Crippen molar-refractivity contribution < 1.29 is 9.53 Å². The summed E-state index contributed by atoms with van der Waals surface area (Å²) in [6.45, 7) is 0.922. The summed E-state index contributed by atoms with van der Waals surface area (Å²) in [7, 11) is 1.59. The topological polar surface area (TPSA) is 63.2 Å². The van der Waals surface area contributed by atoms with Crippen molar-refractivity contribution in [1.82, 2.24) is 10.3 Å². The smallest absolute Gasteiger partial charge is 0.222 e. The van der Waals surface area contributed by atoms with Crippen molar-refractivity contribution in [2.24, 2.45) is 0 Å². The maximum absolute atomic E-state index is 11.8. The van der Waals surface area contributed by atoms with E-state index in [9.17, 15) is 4.79 Å². The third-order valence-corrected chi connectivity index (χ3v) is 3.26. The number of ether oxygens (including phenoxy) is 1. The normalized spacial score (nSPS) is 10.1.